The van der Waals surface area contributed by atoms with Gasteiger partial charge in [-0.25, -0.2) is 4.39 Å². The minimum Gasteiger partial charge on any atom is -0.269 e. The number of nitrogens with zero attached hydrogens (tertiary/aromatic N) is 1. The van der Waals surface area contributed by atoms with Gasteiger partial charge in [0.1, 0.15) is 5.82 Å². The SMILES string of the molecule is C1=Cc2ccccc2CC=N1.Fc1ccc(C2=c3ccccc3=c3ccc4c(c3C2)CCCC=4)cc1. The molecule has 36 heavy (non-hydrogen) atoms. The van der Waals surface area contributed by atoms with E-state index >= 15 is 0 Å². The van der Waals surface area contributed by atoms with Crippen LogP contribution in [0, 0.1) is 16.3 Å². The van der Waals surface area contributed by atoms with Crippen molar-refractivity contribution in [2.24, 2.45) is 4.99 Å². The Hall–Kier alpha value is -4.04. The highest BCUT2D eigenvalue weighted by Gasteiger charge is 2.16. The zero-order valence-electron chi connectivity index (χ0n) is 20.3. The Kier molecular flexibility index (Phi) is 6.17. The quantitative estimate of drug-likeness (QED) is 0.312. The van der Waals surface area contributed by atoms with Gasteiger partial charge in [-0.1, -0.05) is 78.9 Å². The summed E-state index contributed by atoms with van der Waals surface area (Å²) >= 11 is 0. The predicted molar refractivity (Wildman–Crippen MR) is 147 cm³/mol. The number of hydrogen-bond acceptors (Lipinski definition) is 1. The number of halogens is 1. The molecule has 176 valence electrons. The van der Waals surface area contributed by atoms with Crippen LogP contribution < -0.4 is 10.4 Å². The third-order valence-electron chi connectivity index (χ3n) is 7.36. The molecule has 0 aromatic heterocycles. The van der Waals surface area contributed by atoms with Crippen molar-refractivity contribution in [1.82, 2.24) is 0 Å². The van der Waals surface area contributed by atoms with Gasteiger partial charge in [0, 0.05) is 18.8 Å². The summed E-state index contributed by atoms with van der Waals surface area (Å²) in [4.78, 5) is 4.08. The normalized spacial score (nSPS) is 14.8. The molecule has 0 amide bonds. The molecule has 0 bridgehead atoms. The number of aliphatic imine (C=N–C) groups is 1. The number of rotatable bonds is 1. The lowest BCUT2D eigenvalue weighted by atomic mass is 9.84. The van der Waals surface area contributed by atoms with Crippen LogP contribution in [0.5, 0.6) is 0 Å². The fourth-order valence-electron chi connectivity index (χ4n) is 5.57. The molecule has 0 N–H and O–H groups in total. The van der Waals surface area contributed by atoms with Crippen LogP contribution in [0.4, 0.5) is 4.39 Å². The van der Waals surface area contributed by atoms with E-state index in [0.29, 0.717) is 0 Å². The summed E-state index contributed by atoms with van der Waals surface area (Å²) in [6, 6.07) is 28.5. The Morgan fingerprint density at radius 3 is 2.42 bits per heavy atom. The maximum Gasteiger partial charge on any atom is 0.123 e. The summed E-state index contributed by atoms with van der Waals surface area (Å²) in [5.41, 5.74) is 8.04. The lowest BCUT2D eigenvalue weighted by molar-refractivity contribution is 0.627. The maximum absolute atomic E-state index is 13.4. The van der Waals surface area contributed by atoms with Crippen LogP contribution in [0.1, 0.15) is 40.7 Å². The molecule has 0 saturated heterocycles. The van der Waals surface area contributed by atoms with Gasteiger partial charge < -0.3 is 0 Å². The van der Waals surface area contributed by atoms with Crippen molar-refractivity contribution in [3.05, 3.63) is 146 Å². The first kappa shape index (κ1) is 22.4. The molecule has 0 spiro atoms. The molecule has 7 rings (SSSR count). The molecule has 4 aromatic rings. The highest BCUT2D eigenvalue weighted by molar-refractivity contribution is 5.71. The maximum atomic E-state index is 13.4. The van der Waals surface area contributed by atoms with Crippen molar-refractivity contribution >= 4 is 23.9 Å². The van der Waals surface area contributed by atoms with Gasteiger partial charge >= 0.3 is 0 Å². The predicted octanol–water partition coefficient (Wildman–Crippen LogP) is 6.27. The first-order chi connectivity index (χ1) is 17.8. The molecule has 0 radical (unpaired) electrons. The van der Waals surface area contributed by atoms with Crippen LogP contribution in [0.2, 0.25) is 0 Å². The highest BCUT2D eigenvalue weighted by Crippen LogP contribution is 2.25. The monoisotopic (exact) mass is 469 g/mol. The summed E-state index contributed by atoms with van der Waals surface area (Å²) in [7, 11) is 0. The molecular weight excluding hydrogens is 441 g/mol. The van der Waals surface area contributed by atoms with Gasteiger partial charge in [0.25, 0.3) is 0 Å². The molecule has 0 unspecified atom stereocenters. The molecule has 2 aliphatic carbocycles. The van der Waals surface area contributed by atoms with Crippen LogP contribution >= 0.6 is 0 Å². The standard InChI is InChI=1S/C24H19F.C10H9N/c25-18-12-9-17(10-13-18)23-15-24-19-6-2-1-5-16(19)11-14-22(24)20-7-3-4-8-21(20)23;1-2-4-10-6-8-11-7-5-9(10)3-1/h3-5,7-14H,1-2,6,15H2;1-5,7-8H,6H2. The summed E-state index contributed by atoms with van der Waals surface area (Å²) in [5, 5.41) is 5.36. The number of fused-ring (bicyclic) bond motifs is 5. The van der Waals surface area contributed by atoms with Gasteiger partial charge in [0.15, 0.2) is 0 Å². The van der Waals surface area contributed by atoms with Crippen LogP contribution in [0.3, 0.4) is 0 Å². The van der Waals surface area contributed by atoms with Crippen LogP contribution in [-0.2, 0) is 19.3 Å². The molecule has 1 heterocycles. The second kappa shape index (κ2) is 9.91. The fourth-order valence-corrected chi connectivity index (χ4v) is 5.57. The Labute approximate surface area is 211 Å². The van der Waals surface area contributed by atoms with Crippen molar-refractivity contribution in [3.8, 4) is 0 Å². The first-order valence-electron chi connectivity index (χ1n) is 12.7. The van der Waals surface area contributed by atoms with Crippen molar-refractivity contribution in [2.45, 2.75) is 32.1 Å². The average molecular weight is 470 g/mol. The zero-order valence-corrected chi connectivity index (χ0v) is 20.3. The molecule has 0 saturated carbocycles. The zero-order chi connectivity index (χ0) is 24.3. The second-order valence-electron chi connectivity index (χ2n) is 9.51. The number of hydrogen-bond donors (Lipinski definition) is 0. The average Bonchev–Trinajstić information content (AvgIpc) is 3.19. The first-order valence-corrected chi connectivity index (χ1v) is 12.7. The molecule has 1 aliphatic heterocycles. The topological polar surface area (TPSA) is 12.4 Å². The molecule has 0 fully saturated rings. The largest absolute Gasteiger partial charge is 0.269 e. The van der Waals surface area contributed by atoms with E-state index in [4.69, 9.17) is 0 Å². The van der Waals surface area contributed by atoms with E-state index in [1.54, 1.807) is 12.1 Å². The molecule has 4 aromatic carbocycles. The van der Waals surface area contributed by atoms with Gasteiger partial charge in [-0.15, -0.1) is 0 Å². The Bertz CT molecular complexity index is 1710. The van der Waals surface area contributed by atoms with Gasteiger partial charge in [-0.2, -0.15) is 0 Å². The van der Waals surface area contributed by atoms with Gasteiger partial charge in [0.05, 0.1) is 0 Å². The molecule has 0 atom stereocenters. The summed E-state index contributed by atoms with van der Waals surface area (Å²) < 4.78 is 13.4. The van der Waals surface area contributed by atoms with Crippen molar-refractivity contribution in [3.63, 3.8) is 0 Å². The van der Waals surface area contributed by atoms with E-state index in [9.17, 15) is 4.39 Å². The molecule has 1 nitrogen and oxygen atoms in total. The highest BCUT2D eigenvalue weighted by atomic mass is 19.1. The third kappa shape index (κ3) is 4.35. The Morgan fingerprint density at radius 1 is 0.722 bits per heavy atom. The van der Waals surface area contributed by atoms with Crippen LogP contribution in [0.15, 0.2) is 96.1 Å². The van der Waals surface area contributed by atoms with Gasteiger partial charge in [0.2, 0.25) is 0 Å². The van der Waals surface area contributed by atoms with E-state index in [2.05, 4.69) is 71.7 Å². The van der Waals surface area contributed by atoms with Crippen molar-refractivity contribution in [2.75, 3.05) is 0 Å². The fraction of sp³-hybridized carbons (Fsp3) is 0.147. The lowest BCUT2D eigenvalue weighted by Gasteiger charge is -2.20. The van der Waals surface area contributed by atoms with E-state index < -0.39 is 0 Å². The van der Waals surface area contributed by atoms with Gasteiger partial charge in [-0.05, 0) is 98.2 Å². The minimum atomic E-state index is -0.180. The van der Waals surface area contributed by atoms with Crippen LogP contribution in [-0.4, -0.2) is 6.21 Å². The van der Waals surface area contributed by atoms with Crippen molar-refractivity contribution in [1.29, 1.82) is 0 Å². The number of benzene rings is 4. The Morgan fingerprint density at radius 2 is 1.53 bits per heavy atom. The van der Waals surface area contributed by atoms with E-state index in [0.717, 1.165) is 24.8 Å². The molecule has 3 aliphatic rings. The van der Waals surface area contributed by atoms with E-state index in [1.165, 1.54) is 61.5 Å². The minimum absolute atomic E-state index is 0.180. The summed E-state index contributed by atoms with van der Waals surface area (Å²) in [5.74, 6) is -0.180. The second-order valence-corrected chi connectivity index (χ2v) is 9.51. The van der Waals surface area contributed by atoms with Crippen LogP contribution in [0.25, 0.3) is 17.7 Å². The van der Waals surface area contributed by atoms with E-state index in [-0.39, 0.29) is 5.82 Å². The third-order valence-corrected chi connectivity index (χ3v) is 7.36. The smallest absolute Gasteiger partial charge is 0.123 e. The summed E-state index contributed by atoms with van der Waals surface area (Å²) in [6.07, 6.45) is 13.6. The van der Waals surface area contributed by atoms with E-state index in [1.807, 2.05) is 30.6 Å². The lowest BCUT2D eigenvalue weighted by Crippen LogP contribution is -2.22. The molecule has 2 heteroatoms. The summed E-state index contributed by atoms with van der Waals surface area (Å²) in [6.45, 7) is 0. The van der Waals surface area contributed by atoms with Gasteiger partial charge in [-0.3, -0.25) is 4.99 Å². The Balaban J connectivity index is 0.000000183. The van der Waals surface area contributed by atoms with Crippen molar-refractivity contribution < 1.29 is 4.39 Å². The molecular formula is C34H28FN.